The van der Waals surface area contributed by atoms with Gasteiger partial charge in [-0.1, -0.05) is 6.92 Å². The number of rotatable bonds is 5. The monoisotopic (exact) mass is 338 g/mol. The lowest BCUT2D eigenvalue weighted by Crippen LogP contribution is -2.40. The molecule has 2 aliphatic heterocycles. The molecule has 0 aromatic carbocycles. The number of carbonyl (C=O) groups is 2. The predicted molar refractivity (Wildman–Crippen MR) is 79.9 cm³/mol. The molecule has 3 heterocycles. The van der Waals surface area contributed by atoms with E-state index < -0.39 is 11.9 Å². The van der Waals surface area contributed by atoms with Crippen LogP contribution in [0.1, 0.15) is 19.0 Å². The van der Waals surface area contributed by atoms with E-state index in [4.69, 9.17) is 9.47 Å². The molecule has 0 unspecified atom stereocenters. The summed E-state index contributed by atoms with van der Waals surface area (Å²) in [5.74, 6) is -0.800. The minimum Gasteiger partial charge on any atom is -0.470 e. The molecule has 3 rings (SSSR count). The number of cyclic esters (lactones) is 1. The molecule has 0 bridgehead atoms. The minimum atomic E-state index is -0.551. The van der Waals surface area contributed by atoms with E-state index in [0.717, 1.165) is 0 Å². The van der Waals surface area contributed by atoms with Crippen LogP contribution in [-0.4, -0.2) is 70.7 Å². The van der Waals surface area contributed by atoms with E-state index in [0.29, 0.717) is 44.8 Å². The molecule has 1 atom stereocenters. The van der Waals surface area contributed by atoms with E-state index >= 15 is 0 Å². The average Bonchev–Trinajstić information content (AvgIpc) is 3.19. The topological polar surface area (TPSA) is 84.9 Å². The van der Waals surface area contributed by atoms with Gasteiger partial charge in [-0.15, -0.1) is 0 Å². The van der Waals surface area contributed by atoms with Gasteiger partial charge in [-0.3, -0.25) is 9.69 Å². The number of nitrogens with zero attached hydrogens (tertiary/aromatic N) is 4. The van der Waals surface area contributed by atoms with Gasteiger partial charge in [-0.05, 0) is 6.42 Å². The van der Waals surface area contributed by atoms with Gasteiger partial charge in [0.1, 0.15) is 25.6 Å². The number of ether oxygens (including phenoxy) is 2. The Morgan fingerprint density at radius 2 is 2.29 bits per heavy atom. The van der Waals surface area contributed by atoms with Crippen molar-refractivity contribution in [2.75, 3.05) is 32.8 Å². The summed E-state index contributed by atoms with van der Waals surface area (Å²) in [7, 11) is 0. The van der Waals surface area contributed by atoms with Crippen molar-refractivity contribution in [2.24, 2.45) is 0 Å². The molecule has 0 N–H and O–H groups in total. The zero-order valence-electron chi connectivity index (χ0n) is 13.4. The Morgan fingerprint density at radius 1 is 1.46 bits per heavy atom. The second kappa shape index (κ2) is 6.98. The third kappa shape index (κ3) is 3.39. The van der Waals surface area contributed by atoms with Crippen LogP contribution in [0.15, 0.2) is 6.33 Å². The van der Waals surface area contributed by atoms with Crippen LogP contribution >= 0.6 is 0 Å². The van der Waals surface area contributed by atoms with E-state index in [1.165, 1.54) is 11.2 Å². The van der Waals surface area contributed by atoms with Crippen molar-refractivity contribution in [2.45, 2.75) is 25.9 Å². The molecule has 1 aromatic rings. The molecular formula is C15H19FN4O4. The molecule has 1 aromatic heterocycles. The van der Waals surface area contributed by atoms with E-state index in [2.05, 4.69) is 9.97 Å². The molecule has 2 saturated heterocycles. The predicted octanol–water partition coefficient (Wildman–Crippen LogP) is 0.610. The van der Waals surface area contributed by atoms with Crippen molar-refractivity contribution in [3.63, 3.8) is 0 Å². The second-order valence-corrected chi connectivity index (χ2v) is 5.70. The van der Waals surface area contributed by atoms with E-state index in [1.54, 1.807) is 11.8 Å². The summed E-state index contributed by atoms with van der Waals surface area (Å²) < 4.78 is 24.5. The van der Waals surface area contributed by atoms with Gasteiger partial charge in [-0.2, -0.15) is 9.37 Å². The number of carbonyl (C=O) groups excluding carboxylic acids is 2. The molecule has 0 aliphatic carbocycles. The summed E-state index contributed by atoms with van der Waals surface area (Å²) in [5.41, 5.74) is 0.304. The molecular weight excluding hydrogens is 319 g/mol. The van der Waals surface area contributed by atoms with Crippen molar-refractivity contribution >= 4 is 12.0 Å². The number of halogens is 1. The van der Waals surface area contributed by atoms with Gasteiger partial charge >= 0.3 is 6.09 Å². The Balaban J connectivity index is 1.55. The van der Waals surface area contributed by atoms with E-state index in [1.807, 2.05) is 0 Å². The molecule has 130 valence electrons. The third-order valence-corrected chi connectivity index (χ3v) is 4.11. The first-order valence-corrected chi connectivity index (χ1v) is 7.94. The lowest BCUT2D eigenvalue weighted by atomic mass is 10.3. The highest BCUT2D eigenvalue weighted by Gasteiger charge is 2.32. The molecule has 2 fully saturated rings. The van der Waals surface area contributed by atoms with Crippen LogP contribution in [0.3, 0.4) is 0 Å². The van der Waals surface area contributed by atoms with Gasteiger partial charge in [0.25, 0.3) is 5.88 Å². The zero-order valence-corrected chi connectivity index (χ0v) is 13.4. The molecule has 8 nitrogen and oxygen atoms in total. The highest BCUT2D eigenvalue weighted by atomic mass is 19.1. The fourth-order valence-electron chi connectivity index (χ4n) is 2.76. The summed E-state index contributed by atoms with van der Waals surface area (Å²) in [6.45, 7) is 3.36. The standard InChI is InChI=1S/C15H19FN4O4/c1-2-11-13(16)14(18-9-17-11)24-10-3-4-19(7-10)12(21)8-20-5-6-23-15(20)22/h9-10H,2-8H2,1H3/t10-/m1/s1. The summed E-state index contributed by atoms with van der Waals surface area (Å²) >= 11 is 0. The fraction of sp³-hybridized carbons (Fsp3) is 0.600. The number of hydrogen-bond donors (Lipinski definition) is 0. The van der Waals surface area contributed by atoms with Gasteiger partial charge in [0, 0.05) is 13.0 Å². The normalized spacial score (nSPS) is 20.4. The summed E-state index contributed by atoms with van der Waals surface area (Å²) in [4.78, 5) is 34.3. The number of aryl methyl sites for hydroxylation is 1. The van der Waals surface area contributed by atoms with Gasteiger partial charge in [0.2, 0.25) is 11.7 Å². The van der Waals surface area contributed by atoms with Gasteiger partial charge < -0.3 is 14.4 Å². The molecule has 0 spiro atoms. The largest absolute Gasteiger partial charge is 0.470 e. The maximum absolute atomic E-state index is 14.1. The van der Waals surface area contributed by atoms with E-state index in [9.17, 15) is 14.0 Å². The second-order valence-electron chi connectivity index (χ2n) is 5.70. The molecule has 24 heavy (non-hydrogen) atoms. The van der Waals surface area contributed by atoms with Crippen LogP contribution in [0.25, 0.3) is 0 Å². The first-order valence-electron chi connectivity index (χ1n) is 7.94. The van der Waals surface area contributed by atoms with Crippen LogP contribution in [0.5, 0.6) is 5.88 Å². The van der Waals surface area contributed by atoms with Crippen LogP contribution in [0.4, 0.5) is 9.18 Å². The zero-order chi connectivity index (χ0) is 17.1. The van der Waals surface area contributed by atoms with Crippen molar-refractivity contribution in [1.29, 1.82) is 0 Å². The Morgan fingerprint density at radius 3 is 3.00 bits per heavy atom. The van der Waals surface area contributed by atoms with Gasteiger partial charge in [-0.25, -0.2) is 9.78 Å². The Hall–Kier alpha value is -2.45. The molecule has 2 amide bonds. The number of hydrogen-bond acceptors (Lipinski definition) is 6. The Bertz CT molecular complexity index is 642. The van der Waals surface area contributed by atoms with Crippen molar-refractivity contribution in [1.82, 2.24) is 19.8 Å². The Labute approximate surface area is 138 Å². The molecule has 0 radical (unpaired) electrons. The van der Waals surface area contributed by atoms with Crippen LogP contribution < -0.4 is 4.74 Å². The lowest BCUT2D eigenvalue weighted by Gasteiger charge is -2.20. The fourth-order valence-corrected chi connectivity index (χ4v) is 2.76. The molecule has 9 heteroatoms. The maximum Gasteiger partial charge on any atom is 0.410 e. The summed E-state index contributed by atoms with van der Waals surface area (Å²) in [6.07, 6.45) is 1.51. The lowest BCUT2D eigenvalue weighted by molar-refractivity contribution is -0.130. The minimum absolute atomic E-state index is 0.00654. The van der Waals surface area contributed by atoms with Crippen LogP contribution in [0.2, 0.25) is 0 Å². The number of aromatic nitrogens is 2. The van der Waals surface area contributed by atoms with Crippen molar-refractivity contribution in [3.8, 4) is 5.88 Å². The molecule has 0 saturated carbocycles. The van der Waals surface area contributed by atoms with Crippen molar-refractivity contribution in [3.05, 3.63) is 17.8 Å². The SMILES string of the molecule is CCc1ncnc(O[C@@H]2CCN(C(=O)CN3CCOC3=O)C2)c1F. The first-order chi connectivity index (χ1) is 11.6. The highest BCUT2D eigenvalue weighted by Crippen LogP contribution is 2.21. The quantitative estimate of drug-likeness (QED) is 0.782. The first kappa shape index (κ1) is 16.4. The average molecular weight is 338 g/mol. The van der Waals surface area contributed by atoms with Crippen LogP contribution in [-0.2, 0) is 16.0 Å². The van der Waals surface area contributed by atoms with Crippen molar-refractivity contribution < 1.29 is 23.5 Å². The summed E-state index contributed by atoms with van der Waals surface area (Å²) in [5, 5.41) is 0. The number of amides is 2. The van der Waals surface area contributed by atoms with E-state index in [-0.39, 0.29) is 24.4 Å². The van der Waals surface area contributed by atoms with Gasteiger partial charge in [0.15, 0.2) is 0 Å². The maximum atomic E-state index is 14.1. The van der Waals surface area contributed by atoms with Crippen LogP contribution in [0, 0.1) is 5.82 Å². The summed E-state index contributed by atoms with van der Waals surface area (Å²) in [6, 6.07) is 0. The Kier molecular flexibility index (Phi) is 4.77. The number of likely N-dealkylation sites (tertiary alicyclic amines) is 1. The van der Waals surface area contributed by atoms with Gasteiger partial charge in [0.05, 0.1) is 18.8 Å². The smallest absolute Gasteiger partial charge is 0.410 e. The third-order valence-electron chi connectivity index (χ3n) is 4.11. The highest BCUT2D eigenvalue weighted by molar-refractivity contribution is 5.83. The molecule has 2 aliphatic rings.